The first-order valence-electron chi connectivity index (χ1n) is 9.54. The minimum absolute atomic E-state index is 0.289. The fraction of sp³-hybridized carbons (Fsp3) is 0.429. The van der Waals surface area contributed by atoms with Gasteiger partial charge in [-0.15, -0.1) is 4.98 Å². The Balaban J connectivity index is 1.60. The van der Waals surface area contributed by atoms with E-state index < -0.39 is 5.60 Å². The third-order valence-electron chi connectivity index (χ3n) is 5.49. The van der Waals surface area contributed by atoms with Crippen molar-refractivity contribution in [2.75, 3.05) is 37.5 Å². The molecule has 0 bridgehead atoms. The van der Waals surface area contributed by atoms with Crippen LogP contribution in [0.4, 0.5) is 11.6 Å². The maximum atomic E-state index is 7.20. The van der Waals surface area contributed by atoms with Crippen molar-refractivity contribution in [1.82, 2.24) is 9.97 Å². The van der Waals surface area contributed by atoms with E-state index in [-0.39, 0.29) is 5.92 Å². The number of pyridine rings is 2. The Labute approximate surface area is 180 Å². The molecule has 0 N–H and O–H groups in total. The Bertz CT molecular complexity index is 934. The molecule has 2 fully saturated rings. The lowest BCUT2D eigenvalue weighted by Crippen LogP contribution is -2.44. The van der Waals surface area contributed by atoms with Gasteiger partial charge in [0, 0.05) is 13.1 Å². The quantitative estimate of drug-likeness (QED) is 0.534. The Kier molecular flexibility index (Phi) is 5.99. The number of hydrogen-bond donors (Lipinski definition) is 0. The van der Waals surface area contributed by atoms with E-state index in [2.05, 4.69) is 14.7 Å². The molecule has 1 saturated carbocycles. The molecule has 1 saturated heterocycles. The van der Waals surface area contributed by atoms with E-state index >= 15 is 0 Å². The summed E-state index contributed by atoms with van der Waals surface area (Å²) in [6.45, 7) is 10.3. The summed E-state index contributed by atoms with van der Waals surface area (Å²) >= 11 is 6.83. The predicted octanol–water partition coefficient (Wildman–Crippen LogP) is 4.30. The number of aromatic nitrogens is 2. The van der Waals surface area contributed by atoms with Crippen LogP contribution in [0.15, 0.2) is 36.5 Å². The second kappa shape index (κ2) is 8.66. The zero-order valence-corrected chi connectivity index (χ0v) is 17.8. The van der Waals surface area contributed by atoms with E-state index in [1.807, 2.05) is 36.6 Å². The number of ether oxygens (including phenoxy) is 2. The topological polar surface area (TPSA) is 51.8 Å². The molecule has 2 aromatic heterocycles. The van der Waals surface area contributed by atoms with Gasteiger partial charge in [0.15, 0.2) is 5.60 Å². The average molecular weight is 427 g/mol. The van der Waals surface area contributed by atoms with Crippen molar-refractivity contribution in [3.8, 4) is 0 Å². The van der Waals surface area contributed by atoms with E-state index in [4.69, 9.17) is 33.2 Å². The average Bonchev–Trinajstić information content (AvgIpc) is 2.76. The van der Waals surface area contributed by atoms with Crippen molar-refractivity contribution >= 4 is 40.0 Å². The molecule has 0 atom stereocenters. The fourth-order valence-corrected chi connectivity index (χ4v) is 4.32. The first kappa shape index (κ1) is 20.1. The summed E-state index contributed by atoms with van der Waals surface area (Å²) in [6.07, 6.45) is 5.17. The van der Waals surface area contributed by atoms with Gasteiger partial charge in [-0.25, -0.2) is 4.98 Å². The third-order valence-corrected chi connectivity index (χ3v) is 6.49. The molecule has 150 valence electrons. The lowest BCUT2D eigenvalue weighted by atomic mass is 9.66. The lowest BCUT2D eigenvalue weighted by molar-refractivity contribution is -0.0384. The minimum atomic E-state index is -0.533. The molecule has 0 radical (unpaired) electrons. The van der Waals surface area contributed by atoms with Gasteiger partial charge in [0.2, 0.25) is 4.38 Å². The summed E-state index contributed by atoms with van der Waals surface area (Å²) in [7, 11) is 0. The summed E-state index contributed by atoms with van der Waals surface area (Å²) < 4.78 is 12.3. The van der Waals surface area contributed by atoms with Gasteiger partial charge in [-0.3, -0.25) is 0 Å². The summed E-state index contributed by atoms with van der Waals surface area (Å²) in [6, 6.07) is 9.95. The van der Waals surface area contributed by atoms with Crippen molar-refractivity contribution in [1.29, 1.82) is 0 Å². The number of thiocarbonyl (C=S) groups is 1. The van der Waals surface area contributed by atoms with Crippen LogP contribution in [0, 0.1) is 6.57 Å². The van der Waals surface area contributed by atoms with E-state index in [0.717, 1.165) is 56.2 Å². The molecule has 0 aromatic carbocycles. The lowest BCUT2D eigenvalue weighted by Gasteiger charge is -2.47. The van der Waals surface area contributed by atoms with Crippen LogP contribution in [-0.2, 0) is 15.1 Å². The molecule has 29 heavy (non-hydrogen) atoms. The van der Waals surface area contributed by atoms with E-state index in [9.17, 15) is 0 Å². The first-order chi connectivity index (χ1) is 14.1. The molecule has 3 heterocycles. The second-order valence-corrected chi connectivity index (χ2v) is 8.60. The molecule has 1 aliphatic carbocycles. The predicted molar refractivity (Wildman–Crippen MR) is 119 cm³/mol. The van der Waals surface area contributed by atoms with Crippen molar-refractivity contribution in [2.45, 2.75) is 24.4 Å². The van der Waals surface area contributed by atoms with Crippen LogP contribution in [0.25, 0.3) is 4.85 Å². The smallest absolute Gasteiger partial charge is 0.269 e. The van der Waals surface area contributed by atoms with Crippen LogP contribution in [-0.4, -0.2) is 46.9 Å². The summed E-state index contributed by atoms with van der Waals surface area (Å²) in [5.41, 5.74) is 1.49. The van der Waals surface area contributed by atoms with Gasteiger partial charge in [0.25, 0.3) is 5.82 Å². The van der Waals surface area contributed by atoms with Gasteiger partial charge in [-0.1, -0.05) is 24.4 Å². The zero-order chi connectivity index (χ0) is 20.3. The molecule has 1 aliphatic heterocycles. The molecular formula is C21H22N4O2S2. The Hall–Kier alpha value is -2.21. The highest BCUT2D eigenvalue weighted by molar-refractivity contribution is 8.22. The van der Waals surface area contributed by atoms with Gasteiger partial charge in [0.1, 0.15) is 12.0 Å². The maximum absolute atomic E-state index is 7.20. The van der Waals surface area contributed by atoms with Gasteiger partial charge in [-0.2, -0.15) is 0 Å². The van der Waals surface area contributed by atoms with Gasteiger partial charge >= 0.3 is 0 Å². The van der Waals surface area contributed by atoms with Gasteiger partial charge < -0.3 is 19.2 Å². The highest BCUT2D eigenvalue weighted by Crippen LogP contribution is 2.53. The standard InChI is InChI=1S/C21H22N4O2S2/c1-22-18-12-15(6-7-23-18)16-13-21(14-16,27-20(28)29-2)17-4-3-5-19(24-17)25-8-10-26-11-9-25/h3-7,12,16H,8-11,13-14H2,2H3. The van der Waals surface area contributed by atoms with Crippen molar-refractivity contribution < 1.29 is 9.47 Å². The molecule has 0 unspecified atom stereocenters. The molecule has 0 amide bonds. The number of morpholine rings is 1. The number of hydrogen-bond acceptors (Lipinski definition) is 7. The molecule has 8 heteroatoms. The Morgan fingerprint density at radius 3 is 2.86 bits per heavy atom. The van der Waals surface area contributed by atoms with Crippen molar-refractivity contribution in [3.63, 3.8) is 0 Å². The van der Waals surface area contributed by atoms with E-state index in [0.29, 0.717) is 10.2 Å². The van der Waals surface area contributed by atoms with Gasteiger partial charge in [0.05, 0.1) is 18.9 Å². The number of thioether (sulfide) groups is 1. The van der Waals surface area contributed by atoms with Crippen LogP contribution in [0.2, 0.25) is 0 Å². The van der Waals surface area contributed by atoms with Crippen LogP contribution < -0.4 is 4.90 Å². The molecular weight excluding hydrogens is 404 g/mol. The molecule has 0 spiro atoms. The molecule has 2 aliphatic rings. The summed E-state index contributed by atoms with van der Waals surface area (Å²) in [4.78, 5) is 14.7. The molecule has 2 aromatic rings. The largest absolute Gasteiger partial charge is 0.465 e. The van der Waals surface area contributed by atoms with Crippen LogP contribution in [0.3, 0.4) is 0 Å². The SMILES string of the molecule is [C-]#[N+]c1cc(C2CC(OC(=S)SC)(c3cccc(N4CCOCC4)n3)C2)ccn1. The number of anilines is 1. The van der Waals surface area contributed by atoms with Gasteiger partial charge in [-0.05, 0) is 67.1 Å². The number of rotatable bonds is 4. The Morgan fingerprint density at radius 2 is 2.14 bits per heavy atom. The van der Waals surface area contributed by atoms with Crippen LogP contribution in [0.5, 0.6) is 0 Å². The monoisotopic (exact) mass is 426 g/mol. The number of nitrogens with zero attached hydrogens (tertiary/aromatic N) is 4. The minimum Gasteiger partial charge on any atom is -0.465 e. The normalized spacial score (nSPS) is 23.7. The maximum Gasteiger partial charge on any atom is 0.269 e. The summed E-state index contributed by atoms with van der Waals surface area (Å²) in [5, 5.41) is 0. The van der Waals surface area contributed by atoms with Crippen LogP contribution in [0.1, 0.15) is 30.0 Å². The van der Waals surface area contributed by atoms with E-state index in [1.54, 1.807) is 6.20 Å². The highest BCUT2D eigenvalue weighted by atomic mass is 32.2. The van der Waals surface area contributed by atoms with Crippen molar-refractivity contribution in [3.05, 3.63) is 59.2 Å². The second-order valence-electron chi connectivity index (χ2n) is 7.20. The van der Waals surface area contributed by atoms with Crippen molar-refractivity contribution in [2.24, 2.45) is 0 Å². The zero-order valence-electron chi connectivity index (χ0n) is 16.2. The Morgan fingerprint density at radius 1 is 1.34 bits per heavy atom. The van der Waals surface area contributed by atoms with E-state index in [1.165, 1.54) is 11.8 Å². The summed E-state index contributed by atoms with van der Waals surface area (Å²) in [5.74, 6) is 1.66. The highest BCUT2D eigenvalue weighted by Gasteiger charge is 2.50. The molecule has 4 rings (SSSR count). The fourth-order valence-electron chi connectivity index (χ4n) is 3.91. The van der Waals surface area contributed by atoms with Crippen LogP contribution >= 0.6 is 24.0 Å². The molecule has 6 nitrogen and oxygen atoms in total. The first-order valence-corrected chi connectivity index (χ1v) is 11.2. The third kappa shape index (κ3) is 4.22.